The number of hydrogen-bond donors (Lipinski definition) is 1. The first-order valence-electron chi connectivity index (χ1n) is 6.01. The van der Waals surface area contributed by atoms with Crippen molar-refractivity contribution in [3.05, 3.63) is 22.4 Å². The van der Waals surface area contributed by atoms with Crippen molar-refractivity contribution in [1.29, 1.82) is 0 Å². The highest BCUT2D eigenvalue weighted by molar-refractivity contribution is 7.89. The van der Waals surface area contributed by atoms with Crippen molar-refractivity contribution in [1.82, 2.24) is 4.72 Å². The van der Waals surface area contributed by atoms with Crippen molar-refractivity contribution in [2.75, 3.05) is 12.9 Å². The van der Waals surface area contributed by atoms with E-state index in [-0.39, 0.29) is 30.6 Å². The van der Waals surface area contributed by atoms with Gasteiger partial charge in [0.05, 0.1) is 12.9 Å². The maximum Gasteiger partial charge on any atom is 0.305 e. The molecule has 1 atom stereocenters. The van der Waals surface area contributed by atoms with Crippen LogP contribution in [0, 0.1) is 0 Å². The van der Waals surface area contributed by atoms with E-state index in [2.05, 4.69) is 9.46 Å². The Labute approximate surface area is 118 Å². The fourth-order valence-electron chi connectivity index (χ4n) is 1.68. The van der Waals surface area contributed by atoms with Gasteiger partial charge in [0, 0.05) is 12.5 Å². The van der Waals surface area contributed by atoms with Crippen molar-refractivity contribution >= 4 is 27.3 Å². The quantitative estimate of drug-likeness (QED) is 0.740. The Bertz CT molecular complexity index is 482. The first-order valence-corrected chi connectivity index (χ1v) is 8.60. The van der Waals surface area contributed by atoms with Gasteiger partial charge in [-0.3, -0.25) is 4.79 Å². The number of rotatable bonds is 8. The molecule has 1 N–H and O–H groups in total. The highest BCUT2D eigenvalue weighted by Crippen LogP contribution is 2.09. The summed E-state index contributed by atoms with van der Waals surface area (Å²) in [5, 5.41) is 3.97. The maximum absolute atomic E-state index is 11.8. The lowest BCUT2D eigenvalue weighted by molar-refractivity contribution is -0.140. The van der Waals surface area contributed by atoms with Gasteiger partial charge in [-0.25, -0.2) is 13.1 Å². The van der Waals surface area contributed by atoms with Gasteiger partial charge in [0.2, 0.25) is 10.0 Å². The van der Waals surface area contributed by atoms with Gasteiger partial charge in [0.1, 0.15) is 0 Å². The van der Waals surface area contributed by atoms with Gasteiger partial charge in [0.25, 0.3) is 0 Å². The standard InChI is InChI=1S/C12H19NO4S2/c1-10(8-11-5-6-18-9-11)13-19(15,16)7-3-4-12(14)17-2/h5-6,9-10,13H,3-4,7-8H2,1-2H3. The number of sulfonamides is 1. The predicted molar refractivity (Wildman–Crippen MR) is 75.7 cm³/mol. The molecular formula is C12H19NO4S2. The average molecular weight is 305 g/mol. The van der Waals surface area contributed by atoms with E-state index in [9.17, 15) is 13.2 Å². The molecule has 0 aliphatic carbocycles. The molecule has 19 heavy (non-hydrogen) atoms. The fraction of sp³-hybridized carbons (Fsp3) is 0.583. The van der Waals surface area contributed by atoms with Crippen molar-refractivity contribution < 1.29 is 17.9 Å². The number of carbonyl (C=O) groups excluding carboxylic acids is 1. The number of ether oxygens (including phenoxy) is 1. The van der Waals surface area contributed by atoms with E-state index in [4.69, 9.17) is 0 Å². The molecule has 7 heteroatoms. The Kier molecular flexibility index (Phi) is 6.47. The number of thiophene rings is 1. The third-order valence-corrected chi connectivity index (χ3v) is 4.84. The molecule has 5 nitrogen and oxygen atoms in total. The molecule has 108 valence electrons. The fourth-order valence-corrected chi connectivity index (χ4v) is 3.70. The molecule has 0 radical (unpaired) electrons. The van der Waals surface area contributed by atoms with Crippen LogP contribution in [0.2, 0.25) is 0 Å². The summed E-state index contributed by atoms with van der Waals surface area (Å²) in [7, 11) is -2.05. The monoisotopic (exact) mass is 305 g/mol. The zero-order valence-electron chi connectivity index (χ0n) is 11.1. The molecule has 1 unspecified atom stereocenters. The van der Waals surface area contributed by atoms with Gasteiger partial charge >= 0.3 is 5.97 Å². The molecular weight excluding hydrogens is 286 g/mol. The number of methoxy groups -OCH3 is 1. The lowest BCUT2D eigenvalue weighted by Gasteiger charge is -2.13. The van der Waals surface area contributed by atoms with Gasteiger partial charge in [-0.1, -0.05) is 0 Å². The minimum absolute atomic E-state index is 0.0594. The van der Waals surface area contributed by atoms with Crippen LogP contribution in [0.5, 0.6) is 0 Å². The average Bonchev–Trinajstić information content (AvgIpc) is 2.80. The number of carbonyl (C=O) groups is 1. The molecule has 0 amide bonds. The normalized spacial score (nSPS) is 13.2. The van der Waals surface area contributed by atoms with E-state index >= 15 is 0 Å². The molecule has 0 aliphatic heterocycles. The molecule has 1 aromatic rings. The van der Waals surface area contributed by atoms with E-state index in [1.165, 1.54) is 7.11 Å². The largest absolute Gasteiger partial charge is 0.469 e. The Balaban J connectivity index is 2.35. The number of nitrogens with one attached hydrogen (secondary N) is 1. The number of hydrogen-bond acceptors (Lipinski definition) is 5. The molecule has 1 rings (SSSR count). The summed E-state index contributed by atoms with van der Waals surface area (Å²) < 4.78 is 30.6. The van der Waals surface area contributed by atoms with Crippen LogP contribution >= 0.6 is 11.3 Å². The molecule has 0 bridgehead atoms. The zero-order valence-corrected chi connectivity index (χ0v) is 12.7. The van der Waals surface area contributed by atoms with Gasteiger partial charge in [-0.05, 0) is 42.2 Å². The smallest absolute Gasteiger partial charge is 0.305 e. The van der Waals surface area contributed by atoms with Crippen LogP contribution in [0.4, 0.5) is 0 Å². The van der Waals surface area contributed by atoms with Crippen LogP contribution < -0.4 is 4.72 Å². The molecule has 0 aliphatic rings. The van der Waals surface area contributed by atoms with Crippen LogP contribution in [-0.4, -0.2) is 33.3 Å². The van der Waals surface area contributed by atoms with Crippen LogP contribution in [0.25, 0.3) is 0 Å². The molecule has 1 aromatic heterocycles. The van der Waals surface area contributed by atoms with Crippen LogP contribution in [0.3, 0.4) is 0 Å². The first kappa shape index (κ1) is 16.1. The summed E-state index contributed by atoms with van der Waals surface area (Å²) in [4.78, 5) is 10.9. The van der Waals surface area contributed by atoms with Crippen molar-refractivity contribution in [3.63, 3.8) is 0 Å². The predicted octanol–water partition coefficient (Wildman–Crippen LogP) is 1.55. The lowest BCUT2D eigenvalue weighted by Crippen LogP contribution is -2.35. The SMILES string of the molecule is COC(=O)CCCS(=O)(=O)NC(C)Cc1ccsc1. The molecule has 0 saturated carbocycles. The maximum atomic E-state index is 11.8. The van der Waals surface area contributed by atoms with Crippen LogP contribution in [0.1, 0.15) is 25.3 Å². The summed E-state index contributed by atoms with van der Waals surface area (Å²) in [6.07, 6.45) is 1.06. The Morgan fingerprint density at radius 1 is 1.53 bits per heavy atom. The van der Waals surface area contributed by atoms with Crippen molar-refractivity contribution in [3.8, 4) is 0 Å². The molecule has 0 saturated heterocycles. The summed E-state index contributed by atoms with van der Waals surface area (Å²) in [6.45, 7) is 1.83. The third kappa shape index (κ3) is 6.70. The van der Waals surface area contributed by atoms with Gasteiger partial charge < -0.3 is 4.74 Å². The first-order chi connectivity index (χ1) is 8.93. The highest BCUT2D eigenvalue weighted by Gasteiger charge is 2.15. The summed E-state index contributed by atoms with van der Waals surface area (Å²) in [5.74, 6) is -0.447. The van der Waals surface area contributed by atoms with E-state index in [0.29, 0.717) is 6.42 Å². The Morgan fingerprint density at radius 3 is 2.84 bits per heavy atom. The van der Waals surface area contributed by atoms with Crippen LogP contribution in [0.15, 0.2) is 16.8 Å². The summed E-state index contributed by atoms with van der Waals surface area (Å²) >= 11 is 1.59. The second-order valence-electron chi connectivity index (χ2n) is 4.35. The lowest BCUT2D eigenvalue weighted by atomic mass is 10.1. The molecule has 0 spiro atoms. The summed E-state index contributed by atoms with van der Waals surface area (Å²) in [6, 6.07) is 1.82. The van der Waals surface area contributed by atoms with Gasteiger partial charge in [0.15, 0.2) is 0 Å². The minimum Gasteiger partial charge on any atom is -0.469 e. The molecule has 1 heterocycles. The van der Waals surface area contributed by atoms with Crippen LogP contribution in [-0.2, 0) is 26.0 Å². The van der Waals surface area contributed by atoms with Crippen molar-refractivity contribution in [2.24, 2.45) is 0 Å². The second-order valence-corrected chi connectivity index (χ2v) is 7.01. The van der Waals surface area contributed by atoms with Crippen molar-refractivity contribution in [2.45, 2.75) is 32.2 Å². The third-order valence-electron chi connectivity index (χ3n) is 2.52. The molecule has 0 aromatic carbocycles. The topological polar surface area (TPSA) is 72.5 Å². The molecule has 0 fully saturated rings. The number of esters is 1. The summed E-state index contributed by atoms with van der Waals surface area (Å²) in [5.41, 5.74) is 1.12. The van der Waals surface area contributed by atoms with E-state index in [1.807, 2.05) is 23.8 Å². The second kappa shape index (κ2) is 7.62. The Hall–Kier alpha value is -0.920. The van der Waals surface area contributed by atoms with E-state index < -0.39 is 10.0 Å². The van der Waals surface area contributed by atoms with E-state index in [1.54, 1.807) is 11.3 Å². The van der Waals surface area contributed by atoms with Gasteiger partial charge in [-0.15, -0.1) is 0 Å². The van der Waals surface area contributed by atoms with Gasteiger partial charge in [-0.2, -0.15) is 11.3 Å². The minimum atomic E-state index is -3.34. The zero-order chi connectivity index (χ0) is 14.3. The highest BCUT2D eigenvalue weighted by atomic mass is 32.2. The Morgan fingerprint density at radius 2 is 2.26 bits per heavy atom. The van der Waals surface area contributed by atoms with E-state index in [0.717, 1.165) is 5.56 Å².